The van der Waals surface area contributed by atoms with E-state index in [1.165, 1.54) is 5.39 Å². The minimum atomic E-state index is -1.35. The standard InChI is InChI=1S/C32H22OS/c33-34(26-21-19-24(20-22-26)23-11-3-1-4-12-23)32-30-18-10-8-16-28(30)27-15-7-9-17-29(27)31(32)25-13-5-2-6-14-25/h1-22H. The summed E-state index contributed by atoms with van der Waals surface area (Å²) in [6.07, 6.45) is 0. The Hall–Kier alpha value is -3.85. The first-order valence-corrected chi connectivity index (χ1v) is 12.5. The number of hydrogen-bond acceptors (Lipinski definition) is 1. The van der Waals surface area contributed by atoms with Crippen LogP contribution in [0.5, 0.6) is 0 Å². The maximum absolute atomic E-state index is 14.3. The molecule has 2 heteroatoms. The van der Waals surface area contributed by atoms with Crippen LogP contribution in [0.2, 0.25) is 0 Å². The van der Waals surface area contributed by atoms with Gasteiger partial charge in [0.25, 0.3) is 0 Å². The van der Waals surface area contributed by atoms with E-state index in [0.717, 1.165) is 48.2 Å². The minimum Gasteiger partial charge on any atom is -0.606 e. The highest BCUT2D eigenvalue weighted by Crippen LogP contribution is 2.43. The Morgan fingerprint density at radius 2 is 0.824 bits per heavy atom. The molecule has 162 valence electrons. The van der Waals surface area contributed by atoms with Crippen LogP contribution in [0.15, 0.2) is 143 Å². The van der Waals surface area contributed by atoms with Crippen LogP contribution >= 0.6 is 0 Å². The Balaban J connectivity index is 1.60. The molecule has 0 saturated heterocycles. The van der Waals surface area contributed by atoms with Gasteiger partial charge in [0.2, 0.25) is 0 Å². The van der Waals surface area contributed by atoms with E-state index in [1.807, 2.05) is 54.6 Å². The van der Waals surface area contributed by atoms with Crippen LogP contribution in [0.1, 0.15) is 0 Å². The van der Waals surface area contributed by atoms with Gasteiger partial charge in [0.15, 0.2) is 9.79 Å². The Morgan fingerprint density at radius 1 is 0.382 bits per heavy atom. The van der Waals surface area contributed by atoms with Gasteiger partial charge in [0.1, 0.15) is 0 Å². The zero-order valence-electron chi connectivity index (χ0n) is 18.5. The van der Waals surface area contributed by atoms with Crippen molar-refractivity contribution in [3.8, 4) is 22.3 Å². The van der Waals surface area contributed by atoms with E-state index in [1.54, 1.807) is 0 Å². The molecule has 0 N–H and O–H groups in total. The fourth-order valence-corrected chi connectivity index (χ4v) is 6.12. The Labute approximate surface area is 202 Å². The quantitative estimate of drug-likeness (QED) is 0.193. The summed E-state index contributed by atoms with van der Waals surface area (Å²) in [7, 11) is 0. The first-order chi connectivity index (χ1) is 16.8. The summed E-state index contributed by atoms with van der Waals surface area (Å²) >= 11 is -1.35. The lowest BCUT2D eigenvalue weighted by Crippen LogP contribution is -2.06. The van der Waals surface area contributed by atoms with Gasteiger partial charge in [0.05, 0.1) is 0 Å². The van der Waals surface area contributed by atoms with Gasteiger partial charge in [-0.2, -0.15) is 0 Å². The summed E-state index contributed by atoms with van der Waals surface area (Å²) in [6, 6.07) is 45.5. The zero-order chi connectivity index (χ0) is 22.9. The maximum Gasteiger partial charge on any atom is 0.174 e. The van der Waals surface area contributed by atoms with Gasteiger partial charge >= 0.3 is 0 Å². The van der Waals surface area contributed by atoms with Gasteiger partial charge in [0, 0.05) is 22.1 Å². The Bertz CT molecular complexity index is 1590. The summed E-state index contributed by atoms with van der Waals surface area (Å²) in [5.74, 6) is 0. The van der Waals surface area contributed by atoms with Gasteiger partial charge in [-0.1, -0.05) is 103 Å². The normalized spacial score (nSPS) is 12.1. The summed E-state index contributed by atoms with van der Waals surface area (Å²) in [6.45, 7) is 0. The largest absolute Gasteiger partial charge is 0.606 e. The van der Waals surface area contributed by atoms with Crippen molar-refractivity contribution in [1.82, 2.24) is 0 Å². The van der Waals surface area contributed by atoms with Gasteiger partial charge in [-0.15, -0.1) is 0 Å². The maximum atomic E-state index is 14.3. The molecule has 0 amide bonds. The van der Waals surface area contributed by atoms with Gasteiger partial charge in [-0.25, -0.2) is 0 Å². The first kappa shape index (κ1) is 20.7. The molecule has 0 fully saturated rings. The van der Waals surface area contributed by atoms with Crippen LogP contribution in [0.3, 0.4) is 0 Å². The van der Waals surface area contributed by atoms with Crippen LogP contribution in [0, 0.1) is 0 Å². The van der Waals surface area contributed by atoms with Crippen molar-refractivity contribution >= 4 is 32.7 Å². The van der Waals surface area contributed by atoms with Crippen LogP contribution in [-0.2, 0) is 11.2 Å². The van der Waals surface area contributed by atoms with E-state index >= 15 is 0 Å². The van der Waals surface area contributed by atoms with Crippen molar-refractivity contribution < 1.29 is 4.55 Å². The predicted molar refractivity (Wildman–Crippen MR) is 143 cm³/mol. The third-order valence-electron chi connectivity index (χ3n) is 6.31. The molecule has 0 heterocycles. The van der Waals surface area contributed by atoms with Gasteiger partial charge in [-0.3, -0.25) is 0 Å². The summed E-state index contributed by atoms with van der Waals surface area (Å²) in [5.41, 5.74) is 4.39. The molecule has 0 aliphatic heterocycles. The third kappa shape index (κ3) is 3.58. The van der Waals surface area contributed by atoms with Crippen LogP contribution in [0.25, 0.3) is 43.8 Å². The molecule has 6 aromatic carbocycles. The van der Waals surface area contributed by atoms with Crippen molar-refractivity contribution in [2.75, 3.05) is 0 Å². The monoisotopic (exact) mass is 454 g/mol. The molecule has 0 aliphatic carbocycles. The second-order valence-electron chi connectivity index (χ2n) is 8.32. The molecular formula is C32H22OS. The zero-order valence-corrected chi connectivity index (χ0v) is 19.3. The highest BCUT2D eigenvalue weighted by Gasteiger charge is 2.26. The Kier molecular flexibility index (Phi) is 5.38. The molecule has 1 nitrogen and oxygen atoms in total. The molecule has 1 unspecified atom stereocenters. The van der Waals surface area contributed by atoms with Crippen molar-refractivity contribution in [2.24, 2.45) is 0 Å². The fraction of sp³-hybridized carbons (Fsp3) is 0. The van der Waals surface area contributed by atoms with E-state index in [-0.39, 0.29) is 0 Å². The summed E-state index contributed by atoms with van der Waals surface area (Å²) < 4.78 is 14.3. The van der Waals surface area contributed by atoms with E-state index in [2.05, 4.69) is 78.9 Å². The molecule has 0 spiro atoms. The molecule has 6 rings (SSSR count). The van der Waals surface area contributed by atoms with E-state index in [0.29, 0.717) is 0 Å². The molecule has 34 heavy (non-hydrogen) atoms. The lowest BCUT2D eigenvalue weighted by atomic mass is 9.93. The lowest BCUT2D eigenvalue weighted by molar-refractivity contribution is 0.596. The van der Waals surface area contributed by atoms with E-state index < -0.39 is 11.2 Å². The van der Waals surface area contributed by atoms with Gasteiger partial charge in [-0.05, 0) is 63.2 Å². The highest BCUT2D eigenvalue weighted by atomic mass is 32.2. The van der Waals surface area contributed by atoms with E-state index in [9.17, 15) is 4.55 Å². The topological polar surface area (TPSA) is 23.1 Å². The van der Waals surface area contributed by atoms with Crippen molar-refractivity contribution in [2.45, 2.75) is 9.79 Å². The second-order valence-corrected chi connectivity index (χ2v) is 9.74. The number of hydrogen-bond donors (Lipinski definition) is 0. The molecular weight excluding hydrogens is 432 g/mol. The van der Waals surface area contributed by atoms with Crippen LogP contribution < -0.4 is 0 Å². The average molecular weight is 455 g/mol. The summed E-state index contributed by atoms with van der Waals surface area (Å²) in [4.78, 5) is 1.67. The molecule has 0 bridgehead atoms. The number of rotatable bonds is 4. The molecule has 6 aromatic rings. The molecule has 0 saturated carbocycles. The molecule has 0 aliphatic rings. The first-order valence-electron chi connectivity index (χ1n) is 11.4. The average Bonchev–Trinajstić information content (AvgIpc) is 2.93. The smallest absolute Gasteiger partial charge is 0.174 e. The van der Waals surface area contributed by atoms with Crippen molar-refractivity contribution in [3.05, 3.63) is 133 Å². The lowest BCUT2D eigenvalue weighted by Gasteiger charge is -2.19. The molecule has 0 radical (unpaired) electrons. The van der Waals surface area contributed by atoms with Crippen molar-refractivity contribution in [3.63, 3.8) is 0 Å². The van der Waals surface area contributed by atoms with Crippen LogP contribution in [0.4, 0.5) is 0 Å². The highest BCUT2D eigenvalue weighted by molar-refractivity contribution is 7.92. The SMILES string of the molecule is [O-][S+](c1ccc(-c2ccccc2)cc1)c1c(-c2ccccc2)c2ccccc2c2ccccc12. The predicted octanol–water partition coefficient (Wildman–Crippen LogP) is 8.49. The number of fused-ring (bicyclic) bond motifs is 3. The van der Waals surface area contributed by atoms with Gasteiger partial charge < -0.3 is 4.55 Å². The molecule has 0 aromatic heterocycles. The van der Waals surface area contributed by atoms with E-state index in [4.69, 9.17) is 0 Å². The Morgan fingerprint density at radius 3 is 1.44 bits per heavy atom. The second kappa shape index (κ2) is 8.83. The van der Waals surface area contributed by atoms with Crippen molar-refractivity contribution in [1.29, 1.82) is 0 Å². The number of benzene rings is 6. The molecule has 1 atom stereocenters. The minimum absolute atomic E-state index is 0.803. The van der Waals surface area contributed by atoms with Crippen LogP contribution in [-0.4, -0.2) is 4.55 Å². The third-order valence-corrected chi connectivity index (χ3v) is 7.80. The summed E-state index contributed by atoms with van der Waals surface area (Å²) in [5, 5.41) is 4.46. The fourth-order valence-electron chi connectivity index (χ4n) is 4.71.